The van der Waals surface area contributed by atoms with E-state index in [1.54, 1.807) is 0 Å². The fraction of sp³-hybridized carbons (Fsp3) is 0.263. The van der Waals surface area contributed by atoms with Gasteiger partial charge in [-0.15, -0.1) is 0 Å². The highest BCUT2D eigenvalue weighted by atomic mass is 79.9. The number of nitrogens with one attached hydrogen (secondary N) is 3. The van der Waals surface area contributed by atoms with E-state index >= 15 is 0 Å². The molecule has 6 rings (SSSR count). The SMILES string of the molecule is Cc1cc(NC(=O)NCCN2CCC(NC(=O)Cc3ccc(Br)cc3)CC2)c2ccccc2n1.NC(=O)Cc1cccc2ccccc12. The summed E-state index contributed by atoms with van der Waals surface area (Å²) in [6.45, 7) is 5.07. The van der Waals surface area contributed by atoms with Crippen molar-refractivity contribution in [2.24, 2.45) is 5.73 Å². The monoisotopic (exact) mass is 708 g/mol. The number of anilines is 1. The zero-order valence-corrected chi connectivity index (χ0v) is 28.6. The summed E-state index contributed by atoms with van der Waals surface area (Å²) in [5, 5.41) is 12.2. The second kappa shape index (κ2) is 16.9. The molecule has 1 fully saturated rings. The number of amides is 4. The molecule has 1 aliphatic heterocycles. The van der Waals surface area contributed by atoms with Crippen molar-refractivity contribution in [3.8, 4) is 0 Å². The number of nitrogens with two attached hydrogens (primary N) is 1. The average Bonchev–Trinajstić information content (AvgIpc) is 3.07. The Morgan fingerprint density at radius 3 is 2.31 bits per heavy atom. The molecule has 0 unspecified atom stereocenters. The summed E-state index contributed by atoms with van der Waals surface area (Å²) in [6, 6.07) is 31.4. The number of aryl methyl sites for hydroxylation is 1. The largest absolute Gasteiger partial charge is 0.369 e. The Balaban J connectivity index is 0.000000267. The van der Waals surface area contributed by atoms with Crippen molar-refractivity contribution in [3.63, 3.8) is 0 Å². The summed E-state index contributed by atoms with van der Waals surface area (Å²) in [7, 11) is 0. The van der Waals surface area contributed by atoms with Crippen molar-refractivity contribution in [2.75, 3.05) is 31.5 Å². The van der Waals surface area contributed by atoms with Crippen molar-refractivity contribution in [1.29, 1.82) is 0 Å². The molecule has 9 nitrogen and oxygen atoms in total. The minimum Gasteiger partial charge on any atom is -0.369 e. The van der Waals surface area contributed by atoms with Crippen LogP contribution in [0, 0.1) is 6.92 Å². The molecule has 0 spiro atoms. The first-order valence-electron chi connectivity index (χ1n) is 16.2. The molecule has 1 aliphatic rings. The molecule has 2 heterocycles. The zero-order valence-electron chi connectivity index (χ0n) is 27.0. The van der Waals surface area contributed by atoms with E-state index in [0.29, 0.717) is 19.4 Å². The van der Waals surface area contributed by atoms with E-state index in [9.17, 15) is 14.4 Å². The number of urea groups is 1. The molecule has 0 radical (unpaired) electrons. The van der Waals surface area contributed by atoms with Crippen LogP contribution in [0.3, 0.4) is 0 Å². The van der Waals surface area contributed by atoms with Gasteiger partial charge in [0, 0.05) is 47.8 Å². The van der Waals surface area contributed by atoms with Crippen LogP contribution in [-0.4, -0.2) is 60.0 Å². The predicted molar refractivity (Wildman–Crippen MR) is 196 cm³/mol. The van der Waals surface area contributed by atoms with E-state index in [2.05, 4.69) is 41.8 Å². The molecule has 4 aromatic carbocycles. The van der Waals surface area contributed by atoms with Gasteiger partial charge >= 0.3 is 6.03 Å². The molecule has 4 amide bonds. The fourth-order valence-electron chi connectivity index (χ4n) is 5.91. The van der Waals surface area contributed by atoms with Gasteiger partial charge in [0.2, 0.25) is 11.8 Å². The summed E-state index contributed by atoms with van der Waals surface area (Å²) < 4.78 is 1.01. The molecule has 10 heteroatoms. The lowest BCUT2D eigenvalue weighted by Gasteiger charge is -2.32. The Hall–Kier alpha value is -4.80. The first-order chi connectivity index (χ1) is 23.2. The van der Waals surface area contributed by atoms with E-state index in [4.69, 9.17) is 5.73 Å². The quantitative estimate of drug-likeness (QED) is 0.147. The van der Waals surface area contributed by atoms with Crippen LogP contribution in [0.2, 0.25) is 0 Å². The van der Waals surface area contributed by atoms with Crippen molar-refractivity contribution in [2.45, 2.75) is 38.6 Å². The molecule has 1 aromatic heterocycles. The van der Waals surface area contributed by atoms with E-state index in [-0.39, 0.29) is 23.9 Å². The number of hydrogen-bond donors (Lipinski definition) is 4. The normalized spacial score (nSPS) is 13.4. The number of carbonyl (C=O) groups excluding carboxylic acids is 3. The minimum atomic E-state index is -0.290. The van der Waals surface area contributed by atoms with Gasteiger partial charge in [0.15, 0.2) is 0 Å². The molecule has 5 aromatic rings. The van der Waals surface area contributed by atoms with Crippen molar-refractivity contribution < 1.29 is 14.4 Å². The molecule has 5 N–H and O–H groups in total. The highest BCUT2D eigenvalue weighted by Gasteiger charge is 2.20. The molecule has 48 heavy (non-hydrogen) atoms. The molecular formula is C38H41BrN6O3. The predicted octanol–water partition coefficient (Wildman–Crippen LogP) is 6.12. The number of pyridine rings is 1. The van der Waals surface area contributed by atoms with Gasteiger partial charge in [0.1, 0.15) is 0 Å². The van der Waals surface area contributed by atoms with Gasteiger partial charge in [0.05, 0.1) is 24.0 Å². The summed E-state index contributed by atoms with van der Waals surface area (Å²) >= 11 is 3.41. The van der Waals surface area contributed by atoms with Gasteiger partial charge in [-0.2, -0.15) is 0 Å². The third kappa shape index (κ3) is 10.1. The maximum Gasteiger partial charge on any atom is 0.319 e. The Kier molecular flexibility index (Phi) is 12.1. The number of nitrogens with zero attached hydrogens (tertiary/aromatic N) is 2. The molecule has 0 atom stereocenters. The van der Waals surface area contributed by atoms with Crippen LogP contribution in [0.5, 0.6) is 0 Å². The van der Waals surface area contributed by atoms with E-state index in [1.165, 1.54) is 0 Å². The van der Waals surface area contributed by atoms with Gasteiger partial charge in [0.25, 0.3) is 0 Å². The van der Waals surface area contributed by atoms with Crippen molar-refractivity contribution >= 4 is 61.1 Å². The Morgan fingerprint density at radius 2 is 1.56 bits per heavy atom. The van der Waals surface area contributed by atoms with E-state index in [0.717, 1.165) is 81.1 Å². The molecule has 0 saturated carbocycles. The van der Waals surface area contributed by atoms with E-state index in [1.807, 2.05) is 104 Å². The van der Waals surface area contributed by atoms with Gasteiger partial charge in [-0.05, 0) is 65.9 Å². The molecule has 0 aliphatic carbocycles. The van der Waals surface area contributed by atoms with Crippen LogP contribution in [-0.2, 0) is 22.4 Å². The smallest absolute Gasteiger partial charge is 0.319 e. The van der Waals surface area contributed by atoms with Gasteiger partial charge in [-0.1, -0.05) is 88.7 Å². The summed E-state index contributed by atoms with van der Waals surface area (Å²) in [4.78, 5) is 42.5. The number of piperidine rings is 1. The number of carbonyl (C=O) groups is 3. The molecular weight excluding hydrogens is 668 g/mol. The third-order valence-electron chi connectivity index (χ3n) is 8.28. The average molecular weight is 710 g/mol. The summed E-state index contributed by atoms with van der Waals surface area (Å²) in [5.74, 6) is -0.223. The highest BCUT2D eigenvalue weighted by molar-refractivity contribution is 9.10. The Bertz CT molecular complexity index is 1870. The van der Waals surface area contributed by atoms with Crippen molar-refractivity contribution in [3.05, 3.63) is 118 Å². The number of hydrogen-bond acceptors (Lipinski definition) is 5. The molecule has 248 valence electrons. The summed E-state index contributed by atoms with van der Waals surface area (Å²) in [5.41, 5.74) is 9.68. The maximum atomic E-state index is 12.4. The second-order valence-electron chi connectivity index (χ2n) is 12.0. The van der Waals surface area contributed by atoms with Crippen molar-refractivity contribution in [1.82, 2.24) is 20.5 Å². The van der Waals surface area contributed by atoms with Crippen LogP contribution in [0.25, 0.3) is 21.7 Å². The lowest BCUT2D eigenvalue weighted by atomic mass is 10.0. The number of likely N-dealkylation sites (tertiary alicyclic amines) is 1. The number of para-hydroxylation sites is 1. The second-order valence-corrected chi connectivity index (χ2v) is 12.9. The zero-order chi connectivity index (χ0) is 33.9. The third-order valence-corrected chi connectivity index (χ3v) is 8.81. The number of rotatable bonds is 9. The lowest BCUT2D eigenvalue weighted by molar-refractivity contribution is -0.121. The minimum absolute atomic E-state index is 0.0676. The van der Waals surface area contributed by atoms with Crippen LogP contribution >= 0.6 is 15.9 Å². The van der Waals surface area contributed by atoms with Crippen LogP contribution < -0.4 is 21.7 Å². The Morgan fingerprint density at radius 1 is 0.875 bits per heavy atom. The lowest BCUT2D eigenvalue weighted by Crippen LogP contribution is -2.47. The highest BCUT2D eigenvalue weighted by Crippen LogP contribution is 2.23. The standard InChI is InChI=1S/C26H30BrN5O2.C12H11NO/c1-18-16-24(22-4-2-3-5-23(22)29-18)31-26(34)28-12-15-32-13-10-21(11-14-32)30-25(33)17-19-6-8-20(27)9-7-19;13-12(14)8-10-6-3-5-9-4-1-2-7-11(9)10/h2-9,16,21H,10-15,17H2,1H3,(H,30,33)(H2,28,29,31,34);1-7H,8H2,(H2,13,14). The van der Waals surface area contributed by atoms with Gasteiger partial charge < -0.3 is 26.6 Å². The topological polar surface area (TPSA) is 129 Å². The molecule has 1 saturated heterocycles. The fourth-order valence-corrected chi connectivity index (χ4v) is 6.17. The van der Waals surface area contributed by atoms with Crippen LogP contribution in [0.4, 0.5) is 10.5 Å². The van der Waals surface area contributed by atoms with Crippen LogP contribution in [0.15, 0.2) is 102 Å². The first-order valence-corrected chi connectivity index (χ1v) is 16.9. The van der Waals surface area contributed by atoms with E-state index < -0.39 is 0 Å². The Labute approximate surface area is 289 Å². The van der Waals surface area contributed by atoms with Gasteiger partial charge in [-0.3, -0.25) is 14.6 Å². The van der Waals surface area contributed by atoms with Crippen LogP contribution in [0.1, 0.15) is 29.7 Å². The molecule has 0 bridgehead atoms. The number of benzene rings is 4. The number of halogens is 1. The maximum absolute atomic E-state index is 12.4. The number of fused-ring (bicyclic) bond motifs is 2. The van der Waals surface area contributed by atoms with Gasteiger partial charge in [-0.25, -0.2) is 4.79 Å². The summed E-state index contributed by atoms with van der Waals surface area (Å²) in [6.07, 6.45) is 2.54. The number of primary amides is 1. The number of aromatic nitrogens is 1. The first kappa shape index (κ1) is 34.5.